The van der Waals surface area contributed by atoms with E-state index in [1.807, 2.05) is 30.3 Å². The van der Waals surface area contributed by atoms with Crippen molar-refractivity contribution in [2.75, 3.05) is 0 Å². The number of benzene rings is 1. The van der Waals surface area contributed by atoms with E-state index in [1.165, 1.54) is 43.2 Å². The first-order valence-corrected chi connectivity index (χ1v) is 7.80. The maximum absolute atomic E-state index is 3.57. The van der Waals surface area contributed by atoms with Gasteiger partial charge in [-0.05, 0) is 5.92 Å². The van der Waals surface area contributed by atoms with Crippen LogP contribution in [0.2, 0.25) is 0 Å². The number of allylic oxidation sites excluding steroid dienone is 1. The predicted molar refractivity (Wildman–Crippen MR) is 85.5 cm³/mol. The second-order valence-electron chi connectivity index (χ2n) is 5.78. The van der Waals surface area contributed by atoms with Crippen LogP contribution < -0.4 is 24.8 Å². The van der Waals surface area contributed by atoms with E-state index in [0.29, 0.717) is 5.92 Å². The average molecular weight is 425 g/mol. The fraction of sp³-hybridized carbons (Fsp3) is 0.350. The van der Waals surface area contributed by atoms with Gasteiger partial charge in [-0.2, -0.15) is 23.8 Å². The minimum atomic E-state index is 0. The van der Waals surface area contributed by atoms with E-state index in [1.54, 1.807) is 0 Å². The summed E-state index contributed by atoms with van der Waals surface area (Å²) in [5.41, 5.74) is 2.91. The molecule has 0 saturated heterocycles. The van der Waals surface area contributed by atoms with Crippen LogP contribution in [0.15, 0.2) is 54.6 Å². The van der Waals surface area contributed by atoms with Crippen molar-refractivity contribution < 1.29 is 51.0 Å². The summed E-state index contributed by atoms with van der Waals surface area (Å²) in [6.07, 6.45) is 12.8. The van der Waals surface area contributed by atoms with Crippen LogP contribution in [0.1, 0.15) is 49.1 Å². The van der Waals surface area contributed by atoms with Gasteiger partial charge in [0, 0.05) is 0 Å². The number of fused-ring (bicyclic) bond motifs is 1. The molecule has 1 saturated carbocycles. The van der Waals surface area contributed by atoms with Gasteiger partial charge in [0.25, 0.3) is 0 Å². The first-order valence-electron chi connectivity index (χ1n) is 7.80. The van der Waals surface area contributed by atoms with E-state index in [0.717, 1.165) is 5.92 Å². The second kappa shape index (κ2) is 12.2. The Bertz CT molecular complexity index is 525. The monoisotopic (exact) mass is 422 g/mol. The molecule has 0 aliphatic heterocycles. The zero-order valence-corrected chi connectivity index (χ0v) is 17.2. The van der Waals surface area contributed by atoms with Crippen LogP contribution >= 0.6 is 0 Å². The third kappa shape index (κ3) is 6.30. The molecule has 0 radical (unpaired) electrons. The Balaban J connectivity index is 0.000000529. The van der Waals surface area contributed by atoms with Gasteiger partial charge in [0.2, 0.25) is 0 Å². The van der Waals surface area contributed by atoms with Crippen molar-refractivity contribution in [3.63, 3.8) is 0 Å². The number of hydrogen-bond donors (Lipinski definition) is 0. The van der Waals surface area contributed by atoms with E-state index in [9.17, 15) is 0 Å². The minimum absolute atomic E-state index is 0. The molecule has 4 rings (SSSR count). The van der Waals surface area contributed by atoms with Crippen LogP contribution in [-0.4, -0.2) is 0 Å². The molecule has 0 spiro atoms. The van der Waals surface area contributed by atoms with Crippen LogP contribution in [0, 0.1) is 12.0 Å². The molecule has 1 fully saturated rings. The summed E-state index contributed by atoms with van der Waals surface area (Å²) in [7, 11) is 0. The molecule has 0 bridgehead atoms. The molecule has 0 aromatic heterocycles. The quantitative estimate of drug-likeness (QED) is 0.547. The molecule has 2 aliphatic rings. The van der Waals surface area contributed by atoms with Gasteiger partial charge in [0.05, 0.1) is 0 Å². The third-order valence-corrected chi connectivity index (χ3v) is 4.43. The first-order chi connectivity index (χ1) is 9.95. The maximum atomic E-state index is 3.57. The molecule has 2 aromatic carbocycles. The molecule has 0 nitrogen and oxygen atoms in total. The Kier molecular flexibility index (Phi) is 12.1. The Morgan fingerprint density at radius 1 is 0.870 bits per heavy atom. The Labute approximate surface area is 172 Å². The zero-order valence-electron chi connectivity index (χ0n) is 13.2. The molecular weight excluding hydrogens is 402 g/mol. The van der Waals surface area contributed by atoms with Crippen LogP contribution in [0.3, 0.4) is 0 Å². The van der Waals surface area contributed by atoms with Crippen molar-refractivity contribution in [2.45, 2.75) is 38.0 Å². The van der Waals surface area contributed by atoms with Gasteiger partial charge in [-0.3, -0.25) is 6.08 Å². The molecule has 0 heterocycles. The molecule has 0 N–H and O–H groups in total. The zero-order chi connectivity index (χ0) is 13.6. The van der Waals surface area contributed by atoms with Crippen molar-refractivity contribution in [1.29, 1.82) is 0 Å². The summed E-state index contributed by atoms with van der Waals surface area (Å²) in [4.78, 5) is 0. The average Bonchev–Trinajstić information content (AvgIpc) is 3.21. The third-order valence-electron chi connectivity index (χ3n) is 4.43. The van der Waals surface area contributed by atoms with Gasteiger partial charge in [-0.15, -0.1) is 11.6 Å². The molecule has 2 aliphatic carbocycles. The van der Waals surface area contributed by atoms with E-state index >= 15 is 0 Å². The molecule has 1 unspecified atom stereocenters. The Morgan fingerprint density at radius 3 is 2.13 bits per heavy atom. The van der Waals surface area contributed by atoms with E-state index < -0.39 is 0 Å². The number of halogens is 2. The van der Waals surface area contributed by atoms with Gasteiger partial charge in [0.15, 0.2) is 0 Å². The molecule has 0 amide bonds. The van der Waals surface area contributed by atoms with Gasteiger partial charge in [0.1, 0.15) is 0 Å². The summed E-state index contributed by atoms with van der Waals surface area (Å²) in [6, 6.07) is 18.8. The number of hydrogen-bond acceptors (Lipinski definition) is 0. The topological polar surface area (TPSA) is 0 Å². The van der Waals surface area contributed by atoms with Gasteiger partial charge in [-0.1, -0.05) is 56.2 Å². The fourth-order valence-corrected chi connectivity index (χ4v) is 3.37. The van der Waals surface area contributed by atoms with Crippen molar-refractivity contribution in [3.8, 4) is 0 Å². The van der Waals surface area contributed by atoms with Crippen LogP contribution in [0.4, 0.5) is 0 Å². The minimum Gasteiger partial charge on any atom is -1.00 e. The van der Waals surface area contributed by atoms with Gasteiger partial charge in [-0.25, -0.2) is 18.2 Å². The van der Waals surface area contributed by atoms with Crippen LogP contribution in [0.5, 0.6) is 0 Å². The largest absolute Gasteiger partial charge is 4.00 e. The van der Waals surface area contributed by atoms with Crippen molar-refractivity contribution in [3.05, 3.63) is 71.8 Å². The molecule has 120 valence electrons. The van der Waals surface area contributed by atoms with Gasteiger partial charge < -0.3 is 24.8 Å². The Hall–Kier alpha value is -0.227. The predicted octanol–water partition coefficient (Wildman–Crippen LogP) is -0.409. The summed E-state index contributed by atoms with van der Waals surface area (Å²) < 4.78 is 0. The van der Waals surface area contributed by atoms with Crippen molar-refractivity contribution in [1.82, 2.24) is 0 Å². The normalized spacial score (nSPS) is 18.3. The van der Waals surface area contributed by atoms with Crippen LogP contribution in [-0.2, 0) is 26.2 Å². The van der Waals surface area contributed by atoms with E-state index in [2.05, 4.69) is 36.4 Å². The first kappa shape index (κ1) is 22.8. The number of rotatable bonds is 1. The van der Waals surface area contributed by atoms with Crippen molar-refractivity contribution in [2.24, 2.45) is 5.92 Å². The smallest absolute Gasteiger partial charge is 1.00 e. The van der Waals surface area contributed by atoms with Crippen molar-refractivity contribution >= 4 is 6.08 Å². The molecule has 1 atom stereocenters. The fourth-order valence-electron chi connectivity index (χ4n) is 3.37. The molecular formula is C20H22Cl2Zr. The summed E-state index contributed by atoms with van der Waals surface area (Å²) in [5, 5.41) is 0. The summed E-state index contributed by atoms with van der Waals surface area (Å²) in [6.45, 7) is 0. The SMILES string of the molecule is [C-]1=Cc2ccccc2C1C1CCCCC1.[Cl-].[Cl-].[Zr+4].c1cc[cH-]c1. The molecule has 23 heavy (non-hydrogen) atoms. The Morgan fingerprint density at radius 2 is 1.52 bits per heavy atom. The molecule has 3 heteroatoms. The van der Waals surface area contributed by atoms with Gasteiger partial charge >= 0.3 is 26.2 Å². The summed E-state index contributed by atoms with van der Waals surface area (Å²) >= 11 is 0. The second-order valence-corrected chi connectivity index (χ2v) is 5.78. The molecule has 2 aromatic rings. The van der Waals surface area contributed by atoms with Crippen LogP contribution in [0.25, 0.3) is 6.08 Å². The summed E-state index contributed by atoms with van der Waals surface area (Å²) in [5.74, 6) is 1.46. The maximum Gasteiger partial charge on any atom is 4.00 e. The van der Waals surface area contributed by atoms with E-state index in [4.69, 9.17) is 0 Å². The van der Waals surface area contributed by atoms with E-state index in [-0.39, 0.29) is 51.0 Å². The standard InChI is InChI=1S/C15H17.C5H5.2ClH.Zr/c1-2-6-12(7-3-1)15-11-10-13-8-4-5-9-14(13)15;1-2-4-5-3-1;;;/h4-5,8-10,12,15H,1-3,6-7H2;1-5H;2*1H;/q2*-1;;;+4/p-2.